The molecule has 1 saturated heterocycles. The van der Waals surface area contributed by atoms with Gasteiger partial charge in [-0.15, -0.1) is 5.10 Å². The molecular weight excluding hydrogens is 376 g/mol. The van der Waals surface area contributed by atoms with Gasteiger partial charge >= 0.3 is 5.69 Å². The molecule has 0 radical (unpaired) electrons. The van der Waals surface area contributed by atoms with Gasteiger partial charge in [-0.05, 0) is 60.7 Å². The van der Waals surface area contributed by atoms with Crippen LogP contribution in [-0.4, -0.2) is 39.9 Å². The minimum atomic E-state index is -0.198. The molecule has 2 aromatic carbocycles. The molecule has 0 spiro atoms. The average molecular weight is 407 g/mol. The zero-order valence-corrected chi connectivity index (χ0v) is 18.0. The zero-order valence-electron chi connectivity index (χ0n) is 18.0. The van der Waals surface area contributed by atoms with E-state index in [-0.39, 0.29) is 11.6 Å². The Labute approximate surface area is 177 Å². The summed E-state index contributed by atoms with van der Waals surface area (Å²) in [4.78, 5) is 17.9. The molecule has 0 bridgehead atoms. The van der Waals surface area contributed by atoms with Crippen molar-refractivity contribution in [2.75, 3.05) is 20.2 Å². The number of piperidine rings is 1. The van der Waals surface area contributed by atoms with Crippen molar-refractivity contribution < 1.29 is 4.74 Å². The summed E-state index contributed by atoms with van der Waals surface area (Å²) in [6, 6.07) is 16.3. The predicted octanol–water partition coefficient (Wildman–Crippen LogP) is 4.07. The van der Waals surface area contributed by atoms with E-state index in [4.69, 9.17) is 4.74 Å². The molecule has 0 amide bonds. The van der Waals surface area contributed by atoms with Crippen molar-refractivity contribution in [3.8, 4) is 11.4 Å². The molecule has 1 N–H and O–H groups in total. The fourth-order valence-corrected chi connectivity index (χ4v) is 4.11. The molecule has 3 aromatic rings. The Bertz CT molecular complexity index is 1020. The van der Waals surface area contributed by atoms with Gasteiger partial charge in [-0.1, -0.05) is 38.1 Å². The maximum Gasteiger partial charge on any atom is 0.348 e. The SMILES string of the molecule is COc1ccc(-n2nc(C3CCCN(Cc4ccc(C(C)C)cc4)C3)[nH]c2=O)cc1. The van der Waals surface area contributed by atoms with Gasteiger partial charge in [0.1, 0.15) is 11.6 Å². The average Bonchev–Trinajstić information content (AvgIpc) is 3.16. The third-order valence-electron chi connectivity index (χ3n) is 5.90. The monoisotopic (exact) mass is 406 g/mol. The van der Waals surface area contributed by atoms with Crippen molar-refractivity contribution >= 4 is 0 Å². The Morgan fingerprint density at radius 3 is 2.53 bits per heavy atom. The Morgan fingerprint density at radius 2 is 1.87 bits per heavy atom. The second kappa shape index (κ2) is 8.88. The summed E-state index contributed by atoms with van der Waals surface area (Å²) < 4.78 is 6.64. The predicted molar refractivity (Wildman–Crippen MR) is 119 cm³/mol. The van der Waals surface area contributed by atoms with Gasteiger partial charge in [0.15, 0.2) is 0 Å². The van der Waals surface area contributed by atoms with Crippen LogP contribution in [0.5, 0.6) is 5.75 Å². The first-order valence-electron chi connectivity index (χ1n) is 10.7. The molecule has 4 rings (SSSR count). The Kier molecular flexibility index (Phi) is 6.04. The zero-order chi connectivity index (χ0) is 21.1. The molecule has 1 unspecified atom stereocenters. The highest BCUT2D eigenvalue weighted by Gasteiger charge is 2.25. The number of hydrogen-bond donors (Lipinski definition) is 1. The summed E-state index contributed by atoms with van der Waals surface area (Å²) in [5.74, 6) is 2.32. The molecule has 1 aliphatic heterocycles. The van der Waals surface area contributed by atoms with Crippen molar-refractivity contribution in [2.45, 2.75) is 45.1 Å². The summed E-state index contributed by atoms with van der Waals surface area (Å²) in [6.45, 7) is 7.35. The van der Waals surface area contributed by atoms with Crippen LogP contribution in [0.3, 0.4) is 0 Å². The minimum Gasteiger partial charge on any atom is -0.497 e. The molecule has 2 heterocycles. The van der Waals surface area contributed by atoms with Crippen LogP contribution in [0.4, 0.5) is 0 Å². The Balaban J connectivity index is 1.46. The molecule has 1 aromatic heterocycles. The van der Waals surface area contributed by atoms with Gasteiger partial charge in [-0.3, -0.25) is 9.88 Å². The van der Waals surface area contributed by atoms with Gasteiger partial charge in [0, 0.05) is 19.0 Å². The van der Waals surface area contributed by atoms with Gasteiger partial charge in [0.25, 0.3) is 0 Å². The number of likely N-dealkylation sites (tertiary alicyclic amines) is 1. The summed E-state index contributed by atoms with van der Waals surface area (Å²) >= 11 is 0. The van der Waals surface area contributed by atoms with Gasteiger partial charge in [-0.25, -0.2) is 4.79 Å². The number of methoxy groups -OCH3 is 1. The van der Waals surface area contributed by atoms with Crippen LogP contribution in [0.1, 0.15) is 55.5 Å². The van der Waals surface area contributed by atoms with Gasteiger partial charge in [0.05, 0.1) is 12.8 Å². The summed E-state index contributed by atoms with van der Waals surface area (Å²) in [5, 5.41) is 4.61. The van der Waals surface area contributed by atoms with Crippen molar-refractivity contribution in [2.24, 2.45) is 0 Å². The molecule has 30 heavy (non-hydrogen) atoms. The highest BCUT2D eigenvalue weighted by atomic mass is 16.5. The van der Waals surface area contributed by atoms with E-state index in [1.807, 2.05) is 24.3 Å². The standard InChI is InChI=1S/C24H30N4O2/c1-17(2)19-8-6-18(7-9-19)15-27-14-4-5-20(16-27)23-25-24(29)28(26-23)21-10-12-22(30-3)13-11-21/h6-13,17,20H,4-5,14-16H2,1-3H3,(H,25,26,29). The second-order valence-corrected chi connectivity index (χ2v) is 8.40. The number of ether oxygens (including phenoxy) is 1. The second-order valence-electron chi connectivity index (χ2n) is 8.40. The van der Waals surface area contributed by atoms with Crippen LogP contribution in [0.25, 0.3) is 5.69 Å². The van der Waals surface area contributed by atoms with Crippen LogP contribution < -0.4 is 10.4 Å². The fraction of sp³-hybridized carbons (Fsp3) is 0.417. The lowest BCUT2D eigenvalue weighted by atomic mass is 9.96. The largest absolute Gasteiger partial charge is 0.497 e. The van der Waals surface area contributed by atoms with Crippen molar-refractivity contribution in [3.05, 3.63) is 76.0 Å². The number of nitrogens with zero attached hydrogens (tertiary/aromatic N) is 3. The first kappa shape index (κ1) is 20.4. The first-order chi connectivity index (χ1) is 14.5. The third-order valence-corrected chi connectivity index (χ3v) is 5.90. The quantitative estimate of drug-likeness (QED) is 0.670. The van der Waals surface area contributed by atoms with Crippen LogP contribution in [0.2, 0.25) is 0 Å². The maximum absolute atomic E-state index is 12.5. The lowest BCUT2D eigenvalue weighted by molar-refractivity contribution is 0.196. The fourth-order valence-electron chi connectivity index (χ4n) is 4.11. The van der Waals surface area contributed by atoms with E-state index in [2.05, 4.69) is 53.1 Å². The van der Waals surface area contributed by atoms with E-state index in [1.54, 1.807) is 7.11 Å². The molecule has 1 atom stereocenters. The Morgan fingerprint density at radius 1 is 1.13 bits per heavy atom. The normalized spacial score (nSPS) is 17.4. The van der Waals surface area contributed by atoms with Gasteiger partial charge in [0.2, 0.25) is 0 Å². The number of aromatic nitrogens is 3. The molecule has 0 aliphatic carbocycles. The van der Waals surface area contributed by atoms with E-state index in [0.717, 1.165) is 49.7 Å². The van der Waals surface area contributed by atoms with E-state index in [1.165, 1.54) is 15.8 Å². The van der Waals surface area contributed by atoms with E-state index in [9.17, 15) is 4.79 Å². The summed E-state index contributed by atoms with van der Waals surface area (Å²) in [5.41, 5.74) is 3.24. The van der Waals surface area contributed by atoms with Crippen LogP contribution >= 0.6 is 0 Å². The lowest BCUT2D eigenvalue weighted by Crippen LogP contribution is -2.34. The van der Waals surface area contributed by atoms with Crippen LogP contribution in [0, 0.1) is 0 Å². The van der Waals surface area contributed by atoms with Gasteiger partial charge < -0.3 is 4.74 Å². The highest BCUT2D eigenvalue weighted by molar-refractivity contribution is 5.36. The minimum absolute atomic E-state index is 0.198. The third kappa shape index (κ3) is 4.49. The molecule has 1 aliphatic rings. The summed E-state index contributed by atoms with van der Waals surface area (Å²) in [7, 11) is 1.63. The van der Waals surface area contributed by atoms with E-state index in [0.29, 0.717) is 5.92 Å². The van der Waals surface area contributed by atoms with E-state index < -0.39 is 0 Å². The number of hydrogen-bond acceptors (Lipinski definition) is 4. The molecule has 158 valence electrons. The number of aromatic amines is 1. The Hall–Kier alpha value is -2.86. The maximum atomic E-state index is 12.5. The molecule has 1 fully saturated rings. The van der Waals surface area contributed by atoms with Crippen molar-refractivity contribution in [1.29, 1.82) is 0 Å². The van der Waals surface area contributed by atoms with Crippen LogP contribution in [0.15, 0.2) is 53.3 Å². The summed E-state index contributed by atoms with van der Waals surface area (Å²) in [6.07, 6.45) is 2.14. The lowest BCUT2D eigenvalue weighted by Gasteiger charge is -2.31. The molecule has 6 nitrogen and oxygen atoms in total. The molecular formula is C24H30N4O2. The van der Waals surface area contributed by atoms with Crippen LogP contribution in [-0.2, 0) is 6.54 Å². The highest BCUT2D eigenvalue weighted by Crippen LogP contribution is 2.26. The van der Waals surface area contributed by atoms with Crippen molar-refractivity contribution in [3.63, 3.8) is 0 Å². The van der Waals surface area contributed by atoms with Crippen molar-refractivity contribution in [1.82, 2.24) is 19.7 Å². The number of nitrogens with one attached hydrogen (secondary N) is 1. The van der Waals surface area contributed by atoms with E-state index >= 15 is 0 Å². The smallest absolute Gasteiger partial charge is 0.348 e. The molecule has 0 saturated carbocycles. The number of H-pyrrole nitrogens is 1. The van der Waals surface area contributed by atoms with Gasteiger partial charge in [-0.2, -0.15) is 4.68 Å². The molecule has 6 heteroatoms. The number of benzene rings is 2. The topological polar surface area (TPSA) is 63.1 Å². The number of rotatable bonds is 6. The first-order valence-corrected chi connectivity index (χ1v) is 10.7.